The van der Waals surface area contributed by atoms with E-state index in [9.17, 15) is 15.0 Å². The second kappa shape index (κ2) is 7.96. The van der Waals surface area contributed by atoms with Crippen molar-refractivity contribution in [2.75, 3.05) is 13.1 Å². The number of pyridine rings is 1. The maximum absolute atomic E-state index is 11.4. The molecule has 0 bridgehead atoms. The van der Waals surface area contributed by atoms with Gasteiger partial charge in [0.25, 0.3) is 0 Å². The van der Waals surface area contributed by atoms with Crippen molar-refractivity contribution in [3.63, 3.8) is 0 Å². The summed E-state index contributed by atoms with van der Waals surface area (Å²) in [6.07, 6.45) is 1.26. The number of rotatable bonds is 7. The third kappa shape index (κ3) is 4.26. The Morgan fingerprint density at radius 2 is 1.84 bits per heavy atom. The molecule has 0 saturated heterocycles. The van der Waals surface area contributed by atoms with Crippen LogP contribution < -0.4 is 10.9 Å². The van der Waals surface area contributed by atoms with Crippen LogP contribution in [-0.4, -0.2) is 28.3 Å². The van der Waals surface area contributed by atoms with Gasteiger partial charge in [0.15, 0.2) is 0 Å². The van der Waals surface area contributed by atoms with Crippen LogP contribution in [0.2, 0.25) is 0 Å². The second-order valence-electron chi connectivity index (χ2n) is 6.09. The van der Waals surface area contributed by atoms with Crippen molar-refractivity contribution in [3.8, 4) is 5.75 Å². The second-order valence-corrected chi connectivity index (χ2v) is 6.09. The lowest BCUT2D eigenvalue weighted by molar-refractivity contribution is 0.176. The Morgan fingerprint density at radius 1 is 1.04 bits per heavy atom. The van der Waals surface area contributed by atoms with E-state index >= 15 is 0 Å². The number of aromatic hydroxyl groups is 1. The normalized spacial score (nSPS) is 12.4. The molecule has 5 heteroatoms. The first kappa shape index (κ1) is 17.2. The Morgan fingerprint density at radius 3 is 2.64 bits per heavy atom. The quantitative estimate of drug-likeness (QED) is 0.499. The fraction of sp³-hybridized carbons (Fsp3) is 0.250. The average molecular weight is 338 g/mol. The number of aromatic nitrogens is 1. The number of benzene rings is 2. The minimum absolute atomic E-state index is 0.000490. The van der Waals surface area contributed by atoms with E-state index in [1.54, 1.807) is 12.1 Å². The van der Waals surface area contributed by atoms with Gasteiger partial charge < -0.3 is 20.5 Å². The lowest BCUT2D eigenvalue weighted by atomic mass is 10.0. The molecule has 0 aliphatic carbocycles. The molecule has 1 unspecified atom stereocenters. The molecule has 0 spiro atoms. The van der Waals surface area contributed by atoms with Gasteiger partial charge in [0, 0.05) is 18.0 Å². The van der Waals surface area contributed by atoms with Crippen LogP contribution in [-0.2, 0) is 6.42 Å². The molecular formula is C20H22N2O3. The van der Waals surface area contributed by atoms with Gasteiger partial charge in [0.2, 0.25) is 5.56 Å². The number of aliphatic hydroxyl groups is 1. The fourth-order valence-electron chi connectivity index (χ4n) is 2.96. The smallest absolute Gasteiger partial charge is 0.248 e. The molecule has 0 aliphatic rings. The van der Waals surface area contributed by atoms with Crippen molar-refractivity contribution in [2.45, 2.75) is 18.9 Å². The van der Waals surface area contributed by atoms with E-state index in [-0.39, 0.29) is 11.3 Å². The van der Waals surface area contributed by atoms with Gasteiger partial charge in [-0.2, -0.15) is 0 Å². The summed E-state index contributed by atoms with van der Waals surface area (Å²) in [5.41, 5.74) is 2.06. The highest BCUT2D eigenvalue weighted by molar-refractivity contribution is 5.87. The summed E-state index contributed by atoms with van der Waals surface area (Å²) in [4.78, 5) is 14.0. The first-order valence-electron chi connectivity index (χ1n) is 8.43. The number of phenolic OH excluding ortho intramolecular Hbond substituents is 1. The molecule has 130 valence electrons. The van der Waals surface area contributed by atoms with Gasteiger partial charge in [-0.15, -0.1) is 0 Å². The molecular weight excluding hydrogens is 316 g/mol. The number of H-pyrrole nitrogens is 1. The lowest BCUT2D eigenvalue weighted by Crippen LogP contribution is -2.23. The standard InChI is InChI=1S/C20H22N2O3/c23-17-10-8-15(16-9-11-19(25)22-20(16)17)18(24)13-21-12-4-7-14-5-2-1-3-6-14/h1-3,5-6,8-11,18,21,23-24H,4,7,12-13H2,(H,22,25). The molecule has 1 atom stereocenters. The summed E-state index contributed by atoms with van der Waals surface area (Å²) in [5, 5.41) is 24.3. The molecule has 0 fully saturated rings. The van der Waals surface area contributed by atoms with E-state index in [4.69, 9.17) is 0 Å². The monoisotopic (exact) mass is 338 g/mol. The van der Waals surface area contributed by atoms with E-state index in [0.29, 0.717) is 23.0 Å². The van der Waals surface area contributed by atoms with Crippen LogP contribution in [0.1, 0.15) is 23.7 Å². The maximum atomic E-state index is 11.4. The molecule has 0 amide bonds. The minimum atomic E-state index is -0.717. The van der Waals surface area contributed by atoms with Crippen LogP contribution in [0.4, 0.5) is 0 Å². The maximum Gasteiger partial charge on any atom is 0.248 e. The van der Waals surface area contributed by atoms with Crippen molar-refractivity contribution in [1.82, 2.24) is 10.3 Å². The Labute approximate surface area is 146 Å². The topological polar surface area (TPSA) is 85.3 Å². The molecule has 3 rings (SSSR count). The zero-order chi connectivity index (χ0) is 17.6. The first-order chi connectivity index (χ1) is 12.1. The number of nitrogens with one attached hydrogen (secondary N) is 2. The van der Waals surface area contributed by atoms with Crippen molar-refractivity contribution in [1.29, 1.82) is 0 Å². The summed E-state index contributed by atoms with van der Waals surface area (Å²) >= 11 is 0. The average Bonchev–Trinajstić information content (AvgIpc) is 2.63. The van der Waals surface area contributed by atoms with Crippen LogP contribution in [0.25, 0.3) is 10.9 Å². The summed E-state index contributed by atoms with van der Waals surface area (Å²) in [6.45, 7) is 1.21. The van der Waals surface area contributed by atoms with Gasteiger partial charge in [-0.1, -0.05) is 36.4 Å². The summed E-state index contributed by atoms with van der Waals surface area (Å²) < 4.78 is 0. The number of phenols is 1. The van der Waals surface area contributed by atoms with Gasteiger partial charge in [-0.3, -0.25) is 4.79 Å². The van der Waals surface area contributed by atoms with Crippen LogP contribution in [0.5, 0.6) is 5.75 Å². The van der Waals surface area contributed by atoms with E-state index in [1.165, 1.54) is 17.7 Å². The van der Waals surface area contributed by atoms with Crippen LogP contribution in [0.15, 0.2) is 59.4 Å². The predicted octanol–water partition coefficient (Wildman–Crippen LogP) is 2.49. The predicted molar refractivity (Wildman–Crippen MR) is 98.8 cm³/mol. The zero-order valence-electron chi connectivity index (χ0n) is 13.9. The molecule has 3 aromatic rings. The lowest BCUT2D eigenvalue weighted by Gasteiger charge is -2.15. The Kier molecular flexibility index (Phi) is 5.48. The van der Waals surface area contributed by atoms with Gasteiger partial charge in [-0.05, 0) is 42.6 Å². The highest BCUT2D eigenvalue weighted by Crippen LogP contribution is 2.28. The van der Waals surface area contributed by atoms with E-state index in [0.717, 1.165) is 19.4 Å². The highest BCUT2D eigenvalue weighted by Gasteiger charge is 2.13. The SMILES string of the molecule is O=c1ccc2c(C(O)CNCCCc3ccccc3)ccc(O)c2[nH]1. The number of aliphatic hydroxyl groups excluding tert-OH is 1. The van der Waals surface area contributed by atoms with Gasteiger partial charge in [-0.25, -0.2) is 0 Å². The molecule has 5 nitrogen and oxygen atoms in total. The summed E-state index contributed by atoms with van der Waals surface area (Å²) in [6, 6.07) is 16.5. The molecule has 0 saturated carbocycles. The summed E-state index contributed by atoms with van der Waals surface area (Å²) in [5.74, 6) is -0.000490. The van der Waals surface area contributed by atoms with E-state index in [1.807, 2.05) is 18.2 Å². The van der Waals surface area contributed by atoms with E-state index in [2.05, 4.69) is 22.4 Å². The molecule has 0 radical (unpaired) electrons. The number of hydrogen-bond acceptors (Lipinski definition) is 4. The molecule has 0 aliphatic heterocycles. The molecule has 25 heavy (non-hydrogen) atoms. The molecule has 2 aromatic carbocycles. The molecule has 1 aromatic heterocycles. The Bertz CT molecular complexity index is 890. The Balaban J connectivity index is 1.58. The number of hydrogen-bond donors (Lipinski definition) is 4. The molecule has 1 heterocycles. The number of aromatic amines is 1. The summed E-state index contributed by atoms with van der Waals surface area (Å²) in [7, 11) is 0. The van der Waals surface area contributed by atoms with Crippen molar-refractivity contribution >= 4 is 10.9 Å². The van der Waals surface area contributed by atoms with Gasteiger partial charge in [0.1, 0.15) is 5.75 Å². The van der Waals surface area contributed by atoms with Gasteiger partial charge in [0.05, 0.1) is 11.6 Å². The van der Waals surface area contributed by atoms with Crippen LogP contribution in [0, 0.1) is 0 Å². The fourth-order valence-corrected chi connectivity index (χ4v) is 2.96. The van der Waals surface area contributed by atoms with Crippen molar-refractivity contribution in [2.24, 2.45) is 0 Å². The number of fused-ring (bicyclic) bond motifs is 1. The van der Waals surface area contributed by atoms with Gasteiger partial charge >= 0.3 is 0 Å². The van der Waals surface area contributed by atoms with Crippen LogP contribution >= 0.6 is 0 Å². The molecule has 4 N–H and O–H groups in total. The Hall–Kier alpha value is -2.63. The zero-order valence-corrected chi connectivity index (χ0v) is 13.9. The largest absolute Gasteiger partial charge is 0.506 e. The third-order valence-electron chi connectivity index (χ3n) is 4.27. The first-order valence-corrected chi connectivity index (χ1v) is 8.43. The van der Waals surface area contributed by atoms with Crippen molar-refractivity contribution in [3.05, 3.63) is 76.1 Å². The highest BCUT2D eigenvalue weighted by atomic mass is 16.3. The van der Waals surface area contributed by atoms with Crippen molar-refractivity contribution < 1.29 is 10.2 Å². The van der Waals surface area contributed by atoms with E-state index < -0.39 is 6.10 Å². The number of aryl methyl sites for hydroxylation is 1. The third-order valence-corrected chi connectivity index (χ3v) is 4.27. The van der Waals surface area contributed by atoms with Crippen LogP contribution in [0.3, 0.4) is 0 Å². The minimum Gasteiger partial charge on any atom is -0.506 e.